The minimum Gasteiger partial charge on any atom is -0.382 e. The Morgan fingerprint density at radius 1 is 1.21 bits per heavy atom. The minimum absolute atomic E-state index is 0.203. The van der Waals surface area contributed by atoms with Gasteiger partial charge in [-0.2, -0.15) is 0 Å². The van der Waals surface area contributed by atoms with Gasteiger partial charge in [0, 0.05) is 39.2 Å². The fraction of sp³-hybridized carbons (Fsp3) is 0.696. The summed E-state index contributed by atoms with van der Waals surface area (Å²) in [5.41, 5.74) is 2.93. The molecule has 0 saturated carbocycles. The van der Waals surface area contributed by atoms with Gasteiger partial charge in [-0.05, 0) is 36.3 Å². The second-order valence-electron chi connectivity index (χ2n) is 8.60. The zero-order chi connectivity index (χ0) is 20.4. The molecule has 1 aromatic carbocycles. The van der Waals surface area contributed by atoms with Crippen molar-refractivity contribution in [1.82, 2.24) is 10.2 Å². The molecule has 1 unspecified atom stereocenters. The fourth-order valence-corrected chi connectivity index (χ4v) is 3.44. The number of hydrogen-bond donors (Lipinski definition) is 1. The Morgan fingerprint density at radius 2 is 1.96 bits per heavy atom. The Morgan fingerprint density at radius 3 is 2.61 bits per heavy atom. The largest absolute Gasteiger partial charge is 0.382 e. The summed E-state index contributed by atoms with van der Waals surface area (Å²) in [6.45, 7) is 14.8. The predicted octanol–water partition coefficient (Wildman–Crippen LogP) is 3.48. The van der Waals surface area contributed by atoms with E-state index in [0.29, 0.717) is 19.1 Å². The third kappa shape index (κ3) is 7.44. The third-order valence-electron chi connectivity index (χ3n) is 5.19. The lowest BCUT2D eigenvalue weighted by Gasteiger charge is -2.22. The van der Waals surface area contributed by atoms with E-state index >= 15 is 0 Å². The number of aliphatic imine (C=N–C) groups is 1. The first-order valence-corrected chi connectivity index (χ1v) is 10.6. The molecule has 0 radical (unpaired) electrons. The summed E-state index contributed by atoms with van der Waals surface area (Å²) in [4.78, 5) is 7.25. The number of guanidine groups is 1. The smallest absolute Gasteiger partial charge is 0.193 e. The molecule has 1 atom stereocenters. The van der Waals surface area contributed by atoms with Crippen molar-refractivity contribution in [1.29, 1.82) is 0 Å². The van der Waals surface area contributed by atoms with Gasteiger partial charge in [0.15, 0.2) is 5.96 Å². The van der Waals surface area contributed by atoms with Gasteiger partial charge in [-0.3, -0.25) is 4.99 Å². The van der Waals surface area contributed by atoms with Gasteiger partial charge in [0.25, 0.3) is 0 Å². The van der Waals surface area contributed by atoms with Crippen LogP contribution in [0.4, 0.5) is 0 Å². The van der Waals surface area contributed by atoms with Gasteiger partial charge in [-0.1, -0.05) is 45.0 Å². The van der Waals surface area contributed by atoms with E-state index in [1.54, 1.807) is 7.11 Å². The van der Waals surface area contributed by atoms with E-state index in [0.717, 1.165) is 51.6 Å². The van der Waals surface area contributed by atoms with Crippen molar-refractivity contribution in [2.75, 3.05) is 53.1 Å². The summed E-state index contributed by atoms with van der Waals surface area (Å²) in [7, 11) is 1.71. The second-order valence-corrected chi connectivity index (χ2v) is 8.60. The van der Waals surface area contributed by atoms with Gasteiger partial charge in [-0.15, -0.1) is 0 Å². The van der Waals surface area contributed by atoms with Crippen LogP contribution in [-0.4, -0.2) is 64.0 Å². The highest BCUT2D eigenvalue weighted by Crippen LogP contribution is 2.22. The first-order chi connectivity index (χ1) is 13.4. The summed E-state index contributed by atoms with van der Waals surface area (Å²) in [6.07, 6.45) is 2.13. The molecular formula is C23H39N3O2. The Hall–Kier alpha value is -1.59. The number of benzene rings is 1. The van der Waals surface area contributed by atoms with Crippen LogP contribution in [0.5, 0.6) is 0 Å². The molecule has 1 fully saturated rings. The lowest BCUT2D eigenvalue weighted by Crippen LogP contribution is -2.40. The van der Waals surface area contributed by atoms with Gasteiger partial charge in [0.05, 0.1) is 19.8 Å². The maximum Gasteiger partial charge on any atom is 0.193 e. The van der Waals surface area contributed by atoms with Gasteiger partial charge in [0.1, 0.15) is 0 Å². The molecule has 1 aromatic rings. The number of hydrogen-bond acceptors (Lipinski definition) is 3. The number of nitrogens with zero attached hydrogens (tertiary/aromatic N) is 2. The van der Waals surface area contributed by atoms with Gasteiger partial charge >= 0.3 is 0 Å². The molecule has 2 rings (SSSR count). The van der Waals surface area contributed by atoms with Crippen LogP contribution in [0.2, 0.25) is 0 Å². The van der Waals surface area contributed by atoms with E-state index in [-0.39, 0.29) is 5.41 Å². The number of nitrogens with one attached hydrogen (secondary N) is 1. The van der Waals surface area contributed by atoms with Crippen molar-refractivity contribution in [3.8, 4) is 0 Å². The Labute approximate surface area is 171 Å². The molecule has 0 aromatic heterocycles. The number of ether oxygens (including phenoxy) is 2. The average Bonchev–Trinajstić information content (AvgIpc) is 3.13. The molecule has 0 bridgehead atoms. The fourth-order valence-electron chi connectivity index (χ4n) is 3.44. The van der Waals surface area contributed by atoms with Crippen molar-refractivity contribution >= 4 is 5.96 Å². The Kier molecular flexibility index (Phi) is 9.26. The molecule has 28 heavy (non-hydrogen) atoms. The summed E-state index contributed by atoms with van der Waals surface area (Å²) in [6, 6.07) is 8.98. The maximum absolute atomic E-state index is 5.71. The molecule has 5 heteroatoms. The molecule has 1 saturated heterocycles. The van der Waals surface area contributed by atoms with E-state index in [1.165, 1.54) is 11.1 Å². The standard InChI is InChI=1S/C23H39N3O2/c1-6-24-22(26-14-12-20(17-26)18-28-16-15-27-5)25-13-11-19-7-9-21(10-8-19)23(2,3)4/h7-10,20H,6,11-18H2,1-5H3,(H,24,25). The first-order valence-electron chi connectivity index (χ1n) is 10.6. The first kappa shape index (κ1) is 22.7. The van der Waals surface area contributed by atoms with Gasteiger partial charge < -0.3 is 19.7 Å². The van der Waals surface area contributed by atoms with E-state index < -0.39 is 0 Å². The van der Waals surface area contributed by atoms with Crippen LogP contribution in [-0.2, 0) is 21.3 Å². The molecule has 0 aliphatic carbocycles. The van der Waals surface area contributed by atoms with Crippen LogP contribution in [0, 0.1) is 5.92 Å². The second kappa shape index (κ2) is 11.4. The van der Waals surface area contributed by atoms with Crippen LogP contribution >= 0.6 is 0 Å². The molecule has 0 spiro atoms. The van der Waals surface area contributed by atoms with Crippen molar-refractivity contribution < 1.29 is 9.47 Å². The highest BCUT2D eigenvalue weighted by atomic mass is 16.5. The quantitative estimate of drug-likeness (QED) is 0.399. The Bertz CT molecular complexity index is 593. The molecule has 158 valence electrons. The molecular weight excluding hydrogens is 350 g/mol. The van der Waals surface area contributed by atoms with Crippen LogP contribution in [0.3, 0.4) is 0 Å². The topological polar surface area (TPSA) is 46.1 Å². The zero-order valence-corrected chi connectivity index (χ0v) is 18.5. The summed E-state index contributed by atoms with van der Waals surface area (Å²) >= 11 is 0. The molecule has 5 nitrogen and oxygen atoms in total. The lowest BCUT2D eigenvalue weighted by atomic mass is 9.86. The molecule has 1 N–H and O–H groups in total. The van der Waals surface area contributed by atoms with Crippen molar-refractivity contribution in [3.05, 3.63) is 35.4 Å². The van der Waals surface area contributed by atoms with E-state index in [2.05, 4.69) is 62.2 Å². The van der Waals surface area contributed by atoms with Crippen molar-refractivity contribution in [2.45, 2.75) is 46.0 Å². The Balaban J connectivity index is 1.83. The lowest BCUT2D eigenvalue weighted by molar-refractivity contribution is 0.0536. The summed E-state index contributed by atoms with van der Waals surface area (Å²) < 4.78 is 10.7. The van der Waals surface area contributed by atoms with Crippen LogP contribution < -0.4 is 5.32 Å². The highest BCUT2D eigenvalue weighted by Gasteiger charge is 2.24. The van der Waals surface area contributed by atoms with E-state index in [1.807, 2.05) is 0 Å². The molecule has 1 aliphatic rings. The van der Waals surface area contributed by atoms with Crippen molar-refractivity contribution in [3.63, 3.8) is 0 Å². The number of likely N-dealkylation sites (tertiary alicyclic amines) is 1. The summed E-state index contributed by atoms with van der Waals surface area (Å²) in [5, 5.41) is 3.45. The molecule has 0 amide bonds. The minimum atomic E-state index is 0.203. The van der Waals surface area contributed by atoms with Crippen molar-refractivity contribution in [2.24, 2.45) is 10.9 Å². The van der Waals surface area contributed by atoms with Gasteiger partial charge in [0.2, 0.25) is 0 Å². The molecule has 1 aliphatic heterocycles. The predicted molar refractivity (Wildman–Crippen MR) is 117 cm³/mol. The summed E-state index contributed by atoms with van der Waals surface area (Å²) in [5.74, 6) is 1.61. The van der Waals surface area contributed by atoms with Crippen LogP contribution in [0.25, 0.3) is 0 Å². The SMILES string of the molecule is CCNC(=NCCc1ccc(C(C)(C)C)cc1)N1CCC(COCCOC)C1. The van der Waals surface area contributed by atoms with Gasteiger partial charge in [-0.25, -0.2) is 0 Å². The van der Waals surface area contributed by atoms with E-state index in [9.17, 15) is 0 Å². The third-order valence-corrected chi connectivity index (χ3v) is 5.19. The van der Waals surface area contributed by atoms with Crippen LogP contribution in [0.15, 0.2) is 29.3 Å². The maximum atomic E-state index is 5.71. The van der Waals surface area contributed by atoms with Crippen LogP contribution in [0.1, 0.15) is 45.2 Å². The monoisotopic (exact) mass is 389 g/mol. The number of methoxy groups -OCH3 is 1. The molecule has 1 heterocycles. The average molecular weight is 390 g/mol. The van der Waals surface area contributed by atoms with E-state index in [4.69, 9.17) is 14.5 Å². The number of rotatable bonds is 9. The zero-order valence-electron chi connectivity index (χ0n) is 18.5. The normalized spacial score (nSPS) is 18.0. The highest BCUT2D eigenvalue weighted by molar-refractivity contribution is 5.80.